The van der Waals surface area contributed by atoms with Crippen molar-refractivity contribution in [1.29, 1.82) is 0 Å². The summed E-state index contributed by atoms with van der Waals surface area (Å²) in [4.78, 5) is 39.6. The van der Waals surface area contributed by atoms with Gasteiger partial charge in [0.1, 0.15) is 18.2 Å². The Morgan fingerprint density at radius 2 is 1.64 bits per heavy atom. The van der Waals surface area contributed by atoms with E-state index in [9.17, 15) is 14.4 Å². The lowest BCUT2D eigenvalue weighted by molar-refractivity contribution is -0.143. The highest BCUT2D eigenvalue weighted by Gasteiger charge is 2.36. The number of ether oxygens (including phenoxy) is 3. The molecule has 2 aromatic carbocycles. The first-order chi connectivity index (χ1) is 17.2. The molecule has 2 aromatic rings. The van der Waals surface area contributed by atoms with Gasteiger partial charge >= 0.3 is 18.2 Å². The van der Waals surface area contributed by atoms with E-state index < -0.39 is 29.8 Å². The molecule has 36 heavy (non-hydrogen) atoms. The number of hydrogen-bond donors (Lipinski definition) is 1. The number of nitrogens with zero attached hydrogens (tertiary/aromatic N) is 1. The minimum Gasteiger partial charge on any atom is -0.467 e. The van der Waals surface area contributed by atoms with Gasteiger partial charge in [0, 0.05) is 18.5 Å². The van der Waals surface area contributed by atoms with Crippen LogP contribution in [0.3, 0.4) is 0 Å². The molecule has 1 aliphatic heterocycles. The van der Waals surface area contributed by atoms with Gasteiger partial charge in [-0.3, -0.25) is 0 Å². The van der Waals surface area contributed by atoms with E-state index in [1.807, 2.05) is 57.2 Å². The minimum atomic E-state index is -0.946. The second-order valence-electron chi connectivity index (χ2n) is 10.3. The third-order valence-corrected chi connectivity index (χ3v) is 6.63. The minimum absolute atomic E-state index is 0.0859. The van der Waals surface area contributed by atoms with Crippen LogP contribution < -0.4 is 5.32 Å². The van der Waals surface area contributed by atoms with Crippen LogP contribution >= 0.6 is 0 Å². The van der Waals surface area contributed by atoms with Gasteiger partial charge in [0.15, 0.2) is 0 Å². The Bertz CT molecular complexity index is 1080. The Labute approximate surface area is 211 Å². The Morgan fingerprint density at radius 1 is 1.03 bits per heavy atom. The quantitative estimate of drug-likeness (QED) is 0.456. The molecule has 0 saturated carbocycles. The van der Waals surface area contributed by atoms with Crippen molar-refractivity contribution in [3.8, 4) is 11.1 Å². The number of amides is 2. The molecule has 1 heterocycles. The summed E-state index contributed by atoms with van der Waals surface area (Å²) in [6.45, 7) is 6.11. The summed E-state index contributed by atoms with van der Waals surface area (Å²) >= 11 is 0. The van der Waals surface area contributed by atoms with Crippen molar-refractivity contribution < 1.29 is 28.6 Å². The second kappa shape index (κ2) is 10.6. The molecule has 2 aliphatic rings. The smallest absolute Gasteiger partial charge is 0.410 e. The third-order valence-electron chi connectivity index (χ3n) is 6.63. The molecule has 192 valence electrons. The van der Waals surface area contributed by atoms with Crippen molar-refractivity contribution >= 4 is 18.2 Å². The van der Waals surface area contributed by atoms with Crippen LogP contribution in [0.1, 0.15) is 57.1 Å². The van der Waals surface area contributed by atoms with E-state index >= 15 is 0 Å². The van der Waals surface area contributed by atoms with Gasteiger partial charge in [-0.05, 0) is 62.3 Å². The summed E-state index contributed by atoms with van der Waals surface area (Å²) in [6, 6.07) is 15.0. The fourth-order valence-corrected chi connectivity index (χ4v) is 5.05. The number of likely N-dealkylation sites (tertiary alicyclic amines) is 1. The van der Waals surface area contributed by atoms with Crippen LogP contribution in [0.15, 0.2) is 48.5 Å². The molecule has 1 saturated heterocycles. The van der Waals surface area contributed by atoms with Crippen molar-refractivity contribution in [2.24, 2.45) is 0 Å². The molecule has 0 bridgehead atoms. The molecule has 0 spiro atoms. The number of alkyl carbamates (subject to hydrolysis) is 1. The zero-order valence-electron chi connectivity index (χ0n) is 21.3. The number of benzene rings is 2. The van der Waals surface area contributed by atoms with Crippen LogP contribution in [-0.2, 0) is 19.0 Å². The maximum Gasteiger partial charge on any atom is 0.410 e. The summed E-state index contributed by atoms with van der Waals surface area (Å²) in [5, 5.41) is 2.66. The average molecular weight is 495 g/mol. The van der Waals surface area contributed by atoms with Gasteiger partial charge in [-0.15, -0.1) is 0 Å². The van der Waals surface area contributed by atoms with Crippen molar-refractivity contribution in [2.75, 3.05) is 20.3 Å². The van der Waals surface area contributed by atoms with E-state index in [4.69, 9.17) is 14.2 Å². The Hall–Kier alpha value is -3.55. The van der Waals surface area contributed by atoms with E-state index in [1.165, 1.54) is 7.11 Å². The second-order valence-corrected chi connectivity index (χ2v) is 10.3. The summed E-state index contributed by atoms with van der Waals surface area (Å²) in [6.07, 6.45) is 0.599. The number of fused-ring (bicyclic) bond motifs is 3. The van der Waals surface area contributed by atoms with Gasteiger partial charge in [-0.2, -0.15) is 0 Å². The van der Waals surface area contributed by atoms with E-state index in [0.29, 0.717) is 13.0 Å². The van der Waals surface area contributed by atoms with E-state index in [1.54, 1.807) is 4.90 Å². The van der Waals surface area contributed by atoms with E-state index in [2.05, 4.69) is 17.4 Å². The Balaban J connectivity index is 1.40. The fourth-order valence-electron chi connectivity index (χ4n) is 5.05. The van der Waals surface area contributed by atoms with E-state index in [-0.39, 0.29) is 25.0 Å². The lowest BCUT2D eigenvalue weighted by atomic mass is 9.98. The molecule has 2 amide bonds. The summed E-state index contributed by atoms with van der Waals surface area (Å²) < 4.78 is 16.0. The normalized spacial score (nSPS) is 17.7. The van der Waals surface area contributed by atoms with Crippen molar-refractivity contribution in [2.45, 2.75) is 63.6 Å². The summed E-state index contributed by atoms with van der Waals surface area (Å²) in [7, 11) is 1.27. The highest BCUT2D eigenvalue weighted by molar-refractivity contribution is 5.82. The molecule has 0 unspecified atom stereocenters. The number of carbonyl (C=O) groups is 3. The fraction of sp³-hybridized carbons (Fsp3) is 0.464. The van der Waals surface area contributed by atoms with Crippen LogP contribution in [0, 0.1) is 0 Å². The Morgan fingerprint density at radius 3 is 2.22 bits per heavy atom. The number of carbonyl (C=O) groups excluding carboxylic acids is 3. The van der Waals surface area contributed by atoms with Gasteiger partial charge in [-0.1, -0.05) is 48.5 Å². The summed E-state index contributed by atoms with van der Waals surface area (Å²) in [5.74, 6) is -0.670. The maximum absolute atomic E-state index is 12.8. The standard InChI is InChI=1S/C28H34N2O6/c1-28(2,3)36-27(33)30-15-9-10-18(30)16-24(25(31)34-4)29-26(32)35-17-23-21-13-7-5-11-19(21)20-12-6-8-14-22(20)23/h5-8,11-14,18,23-24H,9-10,15-17H2,1-4H3,(H,29,32)/t18-,24+/m0/s1. The van der Waals surface area contributed by atoms with Crippen LogP contribution in [0.2, 0.25) is 0 Å². The molecule has 8 nitrogen and oxygen atoms in total. The SMILES string of the molecule is COC(=O)[C@@H](C[C@@H]1CCCN1C(=O)OC(C)(C)C)NC(=O)OCC1c2ccccc2-c2ccccc21. The first-order valence-corrected chi connectivity index (χ1v) is 12.4. The molecule has 4 rings (SSSR count). The largest absolute Gasteiger partial charge is 0.467 e. The molecule has 2 atom stereocenters. The monoisotopic (exact) mass is 494 g/mol. The van der Waals surface area contributed by atoms with Crippen LogP contribution in [0.25, 0.3) is 11.1 Å². The molecular weight excluding hydrogens is 460 g/mol. The van der Waals surface area contributed by atoms with Gasteiger partial charge < -0.3 is 24.4 Å². The van der Waals surface area contributed by atoms with Crippen molar-refractivity contribution in [3.05, 3.63) is 59.7 Å². The zero-order chi connectivity index (χ0) is 25.9. The van der Waals surface area contributed by atoms with E-state index in [0.717, 1.165) is 28.7 Å². The molecule has 8 heteroatoms. The maximum atomic E-state index is 12.8. The number of nitrogens with one attached hydrogen (secondary N) is 1. The van der Waals surface area contributed by atoms with Crippen LogP contribution in [-0.4, -0.2) is 61.0 Å². The summed E-state index contributed by atoms with van der Waals surface area (Å²) in [5.41, 5.74) is 3.87. The average Bonchev–Trinajstić information content (AvgIpc) is 3.43. The highest BCUT2D eigenvalue weighted by atomic mass is 16.6. The number of methoxy groups -OCH3 is 1. The van der Waals surface area contributed by atoms with Crippen LogP contribution in [0.5, 0.6) is 0 Å². The zero-order valence-corrected chi connectivity index (χ0v) is 21.3. The molecular formula is C28H34N2O6. The lowest BCUT2D eigenvalue weighted by Crippen LogP contribution is -2.48. The van der Waals surface area contributed by atoms with Crippen LogP contribution in [0.4, 0.5) is 9.59 Å². The molecule has 0 aromatic heterocycles. The Kier molecular flexibility index (Phi) is 7.52. The number of rotatable bonds is 6. The van der Waals surface area contributed by atoms with Gasteiger partial charge in [0.25, 0.3) is 0 Å². The molecule has 1 aliphatic carbocycles. The first-order valence-electron chi connectivity index (χ1n) is 12.4. The van der Waals surface area contributed by atoms with Crippen molar-refractivity contribution in [3.63, 3.8) is 0 Å². The van der Waals surface area contributed by atoms with Gasteiger partial charge in [0.05, 0.1) is 7.11 Å². The predicted octanol–water partition coefficient (Wildman–Crippen LogP) is 4.86. The topological polar surface area (TPSA) is 94.2 Å². The highest BCUT2D eigenvalue weighted by Crippen LogP contribution is 2.44. The van der Waals surface area contributed by atoms with Gasteiger partial charge in [-0.25, -0.2) is 14.4 Å². The number of hydrogen-bond acceptors (Lipinski definition) is 6. The van der Waals surface area contributed by atoms with Gasteiger partial charge in [0.2, 0.25) is 0 Å². The lowest BCUT2D eigenvalue weighted by Gasteiger charge is -2.30. The molecule has 1 fully saturated rings. The molecule has 0 radical (unpaired) electrons. The predicted molar refractivity (Wildman–Crippen MR) is 135 cm³/mol. The third kappa shape index (κ3) is 5.64. The number of esters is 1. The molecule has 1 N–H and O–H groups in total. The first kappa shape index (κ1) is 25.5. The van der Waals surface area contributed by atoms with Crippen molar-refractivity contribution in [1.82, 2.24) is 10.2 Å².